The van der Waals surface area contributed by atoms with Gasteiger partial charge in [-0.1, -0.05) is 76.3 Å². The lowest BCUT2D eigenvalue weighted by Gasteiger charge is -2.37. The van der Waals surface area contributed by atoms with E-state index in [9.17, 15) is 47.9 Å². The summed E-state index contributed by atoms with van der Waals surface area (Å²) in [6.07, 6.45) is 0. The minimum Gasteiger partial charge on any atom is -0.504 e. The Kier molecular flexibility index (Phi) is 12.4. The van der Waals surface area contributed by atoms with E-state index in [1.807, 2.05) is 41.5 Å². The average molecular weight is 972 g/mol. The number of rotatable bonds is 5. The number of halogens is 8. The van der Waals surface area contributed by atoms with Crippen molar-refractivity contribution in [2.45, 2.75) is 78.9 Å². The van der Waals surface area contributed by atoms with Crippen molar-refractivity contribution in [2.75, 3.05) is 31.9 Å². The number of benzene rings is 3. The summed E-state index contributed by atoms with van der Waals surface area (Å²) in [4.78, 5) is 7.35. The highest BCUT2D eigenvalue weighted by atomic mass is 35.7. The topological polar surface area (TPSA) is 207 Å². The summed E-state index contributed by atoms with van der Waals surface area (Å²) in [5.41, 5.74) is 5.24. The first-order valence-corrected chi connectivity index (χ1v) is 23.2. The number of nitrogens with zero attached hydrogens (tertiary/aromatic N) is 4. The second-order valence-electron chi connectivity index (χ2n) is 15.5. The summed E-state index contributed by atoms with van der Waals surface area (Å²) in [6, 6.07) is 8.36. The Morgan fingerprint density at radius 3 is 1.36 bits per heavy atom. The summed E-state index contributed by atoms with van der Waals surface area (Å²) in [6.45, 7) is 7.75. The predicted octanol–water partition coefficient (Wildman–Crippen LogP) is 8.39. The normalized spacial score (nSPS) is 17.4. The molecule has 0 aliphatic carbocycles. The van der Waals surface area contributed by atoms with Crippen LogP contribution in [0.25, 0.3) is 22.2 Å². The second kappa shape index (κ2) is 15.6. The van der Waals surface area contributed by atoms with Crippen LogP contribution in [0, 0.1) is 0 Å². The third-order valence-corrected chi connectivity index (χ3v) is 14.8. The minimum atomic E-state index is -4.27. The van der Waals surface area contributed by atoms with Crippen molar-refractivity contribution in [2.24, 2.45) is 0 Å². The molecular weight excluding hydrogens is 936 g/mol. The second-order valence-corrected chi connectivity index (χ2v) is 23.0. The molecule has 2 aliphatic rings. The van der Waals surface area contributed by atoms with Crippen LogP contribution in [-0.4, -0.2) is 87.0 Å². The number of sulfonamides is 2. The minimum absolute atomic E-state index is 0.00218. The summed E-state index contributed by atoms with van der Waals surface area (Å²) in [5, 5.41) is 9.29. The zero-order valence-corrected chi connectivity index (χ0v) is 37.1. The molecule has 59 heavy (non-hydrogen) atoms. The predicted molar refractivity (Wildman–Crippen MR) is 213 cm³/mol. The highest BCUT2D eigenvalue weighted by Crippen LogP contribution is 2.42. The maximum atomic E-state index is 13.0. The van der Waals surface area contributed by atoms with Gasteiger partial charge in [0.25, 0.3) is 20.9 Å². The molecule has 0 amide bonds. The van der Waals surface area contributed by atoms with Crippen LogP contribution in [0.2, 0.25) is 15.1 Å². The van der Waals surface area contributed by atoms with Gasteiger partial charge < -0.3 is 19.7 Å². The summed E-state index contributed by atoms with van der Waals surface area (Å²) in [5.74, 6) is -6.00. The number of hydrogen-bond acceptors (Lipinski definition) is 12. The van der Waals surface area contributed by atoms with E-state index in [4.69, 9.17) is 60.1 Å². The molecule has 2 aromatic heterocycles. The van der Waals surface area contributed by atoms with Crippen LogP contribution in [0.3, 0.4) is 0 Å². The number of anilines is 1. The van der Waals surface area contributed by atoms with Gasteiger partial charge in [0.05, 0.1) is 46.9 Å². The smallest absolute Gasteiger partial charge is 0.275 e. The van der Waals surface area contributed by atoms with Crippen LogP contribution >= 0.6 is 45.5 Å². The van der Waals surface area contributed by atoms with Crippen molar-refractivity contribution in [3.05, 3.63) is 63.2 Å². The molecule has 4 heterocycles. The summed E-state index contributed by atoms with van der Waals surface area (Å²) in [7, 11) is -7.06. The number of hydrogen-bond donors (Lipinski definition) is 2. The largest absolute Gasteiger partial charge is 0.504 e. The zero-order valence-electron chi connectivity index (χ0n) is 31.6. The fourth-order valence-corrected chi connectivity index (χ4v) is 11.3. The van der Waals surface area contributed by atoms with Crippen molar-refractivity contribution in [3.8, 4) is 5.75 Å². The fraction of sp³-hybridized carbons (Fsp3) is 0.412. The summed E-state index contributed by atoms with van der Waals surface area (Å²) < 4.78 is 136. The third-order valence-electron chi connectivity index (χ3n) is 8.40. The van der Waals surface area contributed by atoms with Crippen LogP contribution in [0.5, 0.6) is 5.75 Å². The van der Waals surface area contributed by atoms with Crippen molar-refractivity contribution in [3.63, 3.8) is 0 Å². The number of alkyl halides is 4. The molecule has 324 valence electrons. The number of nitrogens with two attached hydrogens (primary N) is 1. The van der Waals surface area contributed by atoms with Crippen molar-refractivity contribution >= 4 is 102 Å². The molecular formula is C34H35Cl4F4N5O9S3. The molecule has 0 spiro atoms. The Balaban J connectivity index is 0.000000170. The van der Waals surface area contributed by atoms with E-state index in [2.05, 4.69) is 9.97 Å². The standard InChI is InChI=1S/C14H15ClF2N2O3S.C11H11Cl2NO3S.C9H9ClF2N2O3S/c1-13(2,3)12-18-9-5-4-8(15)11(10(9)22-12)23(20,21)19-6-14(16,17)7-19;1-11(2,3)10-14-7-5-4-6(12)9(8(7)17-10)18(13,15)16;10-5-1-2-6(13)7(15)8(5)18(16,17)14-3-9(11,12)4-14/h4-5H,6-7H2,1-3H3;4-5H,1-3H3;1-2,15H,3-4,13H2. The third kappa shape index (κ3) is 9.67. The number of phenolic OH excluding ortho intramolecular Hbond substituents is 1. The van der Waals surface area contributed by atoms with Gasteiger partial charge >= 0.3 is 0 Å². The Bertz CT molecular complexity index is 2790. The highest BCUT2D eigenvalue weighted by molar-refractivity contribution is 8.14. The first kappa shape index (κ1) is 46.9. The van der Waals surface area contributed by atoms with Crippen LogP contribution in [0.15, 0.2) is 59.9 Å². The van der Waals surface area contributed by atoms with Crippen molar-refractivity contribution < 1.29 is 56.8 Å². The van der Waals surface area contributed by atoms with Crippen LogP contribution in [0.4, 0.5) is 23.2 Å². The molecule has 2 saturated heterocycles. The van der Waals surface area contributed by atoms with Crippen LogP contribution in [-0.2, 0) is 39.9 Å². The van der Waals surface area contributed by atoms with E-state index < -0.39 is 83.2 Å². The maximum absolute atomic E-state index is 13.0. The van der Waals surface area contributed by atoms with Gasteiger partial charge in [0, 0.05) is 21.5 Å². The van der Waals surface area contributed by atoms with E-state index in [0.29, 0.717) is 31.4 Å². The van der Waals surface area contributed by atoms with E-state index in [-0.39, 0.29) is 47.1 Å². The number of nitrogen functional groups attached to an aromatic ring is 1. The molecule has 25 heteroatoms. The van der Waals surface area contributed by atoms with E-state index in [1.54, 1.807) is 12.1 Å². The van der Waals surface area contributed by atoms with E-state index in [0.717, 1.165) is 0 Å². The number of aromatic nitrogens is 2. The molecule has 2 aliphatic heterocycles. The number of aromatic hydroxyl groups is 1. The van der Waals surface area contributed by atoms with Gasteiger partial charge in [-0.2, -0.15) is 8.61 Å². The van der Waals surface area contributed by atoms with Gasteiger partial charge in [0.2, 0.25) is 31.8 Å². The van der Waals surface area contributed by atoms with Crippen LogP contribution < -0.4 is 5.73 Å². The summed E-state index contributed by atoms with van der Waals surface area (Å²) >= 11 is 17.6. The Hall–Kier alpha value is -3.15. The molecule has 3 aromatic carbocycles. The molecule has 0 unspecified atom stereocenters. The van der Waals surface area contributed by atoms with Crippen molar-refractivity contribution in [1.82, 2.24) is 18.6 Å². The van der Waals surface area contributed by atoms with E-state index in [1.165, 1.54) is 24.3 Å². The molecule has 14 nitrogen and oxygen atoms in total. The lowest BCUT2D eigenvalue weighted by atomic mass is 9.97. The Labute approximate surface area is 355 Å². The average Bonchev–Trinajstić information content (AvgIpc) is 3.69. The van der Waals surface area contributed by atoms with Gasteiger partial charge in [-0.3, -0.25) is 0 Å². The number of oxazole rings is 2. The SMILES string of the molecule is CC(C)(C)c1nc2ccc(Cl)c(S(=O)(=O)Cl)c2o1.CC(C)(C)c1nc2ccc(Cl)c(S(=O)(=O)N3CC(F)(F)C3)c2o1.Nc1ccc(Cl)c(S(=O)(=O)N2CC(F)(F)C2)c1O. The quantitative estimate of drug-likeness (QED) is 0.0737. The first-order chi connectivity index (χ1) is 26.7. The monoisotopic (exact) mass is 969 g/mol. The Morgan fingerprint density at radius 2 is 0.983 bits per heavy atom. The first-order valence-electron chi connectivity index (χ1n) is 16.8. The van der Waals surface area contributed by atoms with Gasteiger partial charge in [-0.05, 0) is 36.4 Å². The fourth-order valence-electron chi connectivity index (χ4n) is 5.34. The lowest BCUT2D eigenvalue weighted by molar-refractivity contribution is -0.0948. The molecule has 2 fully saturated rings. The highest BCUT2D eigenvalue weighted by Gasteiger charge is 2.52. The molecule has 0 bridgehead atoms. The molecule has 5 aromatic rings. The van der Waals surface area contributed by atoms with Crippen LogP contribution in [0.1, 0.15) is 53.3 Å². The molecule has 0 atom stereocenters. The molecule has 0 radical (unpaired) electrons. The van der Waals surface area contributed by atoms with Crippen molar-refractivity contribution in [1.29, 1.82) is 0 Å². The maximum Gasteiger partial charge on any atom is 0.275 e. The molecule has 3 N–H and O–H groups in total. The van der Waals surface area contributed by atoms with Gasteiger partial charge in [-0.15, -0.1) is 0 Å². The molecule has 0 saturated carbocycles. The van der Waals surface area contributed by atoms with Gasteiger partial charge in [0.1, 0.15) is 25.7 Å². The lowest BCUT2D eigenvalue weighted by Crippen LogP contribution is -2.58. The van der Waals surface area contributed by atoms with E-state index >= 15 is 0 Å². The van der Waals surface area contributed by atoms with Gasteiger partial charge in [-0.25, -0.2) is 52.8 Å². The number of fused-ring (bicyclic) bond motifs is 2. The van der Waals surface area contributed by atoms with Gasteiger partial charge in [0.15, 0.2) is 16.9 Å². The number of phenols is 1. The molecule has 7 rings (SSSR count). The Morgan fingerprint density at radius 1 is 0.644 bits per heavy atom. The zero-order chi connectivity index (χ0) is 44.6.